The Morgan fingerprint density at radius 2 is 1.52 bits per heavy atom. The van der Waals surface area contributed by atoms with Crippen molar-refractivity contribution in [3.05, 3.63) is 66.4 Å². The van der Waals surface area contributed by atoms with Crippen molar-refractivity contribution in [2.75, 3.05) is 26.2 Å². The normalized spacial score (nSPS) is 16.7. The van der Waals surface area contributed by atoms with Crippen LogP contribution in [0.5, 0.6) is 0 Å². The van der Waals surface area contributed by atoms with E-state index in [0.717, 1.165) is 29.4 Å². The van der Waals surface area contributed by atoms with Crippen molar-refractivity contribution in [2.24, 2.45) is 0 Å². The van der Waals surface area contributed by atoms with Crippen LogP contribution in [0.15, 0.2) is 65.7 Å². The summed E-state index contributed by atoms with van der Waals surface area (Å²) in [6.07, 6.45) is 2.97. The minimum atomic E-state index is -3.68. The molecule has 0 spiro atoms. The Morgan fingerprint density at radius 3 is 2.19 bits per heavy atom. The average molecular weight is 462 g/mol. The van der Waals surface area contributed by atoms with Crippen molar-refractivity contribution >= 4 is 30.9 Å². The lowest BCUT2D eigenvalue weighted by Crippen LogP contribution is -2.50. The van der Waals surface area contributed by atoms with Gasteiger partial charge in [-0.2, -0.15) is 8.61 Å². The van der Waals surface area contributed by atoms with Gasteiger partial charge in [0, 0.05) is 49.8 Å². The number of fused-ring (bicyclic) bond motifs is 1. The van der Waals surface area contributed by atoms with Crippen LogP contribution in [0.1, 0.15) is 18.9 Å². The Balaban J connectivity index is 1.47. The maximum Gasteiger partial charge on any atom is 0.243 e. The van der Waals surface area contributed by atoms with Crippen LogP contribution in [-0.4, -0.2) is 56.2 Å². The van der Waals surface area contributed by atoms with E-state index in [2.05, 4.69) is 11.5 Å². The molecule has 3 aromatic rings. The van der Waals surface area contributed by atoms with Crippen molar-refractivity contribution < 1.29 is 16.8 Å². The zero-order chi connectivity index (χ0) is 22.1. The Kier molecular flexibility index (Phi) is 6.20. The highest BCUT2D eigenvalue weighted by Crippen LogP contribution is 2.25. The fourth-order valence-electron chi connectivity index (χ4n) is 3.99. The number of hydrogen-bond donors (Lipinski definition) is 0. The van der Waals surface area contributed by atoms with Gasteiger partial charge in [0.1, 0.15) is 0 Å². The number of sulfonamides is 2. The predicted octanol–water partition coefficient (Wildman–Crippen LogP) is 2.89. The molecule has 7 nitrogen and oxygen atoms in total. The number of aryl methyl sites for hydroxylation is 1. The highest BCUT2D eigenvalue weighted by atomic mass is 32.2. The van der Waals surface area contributed by atoms with Crippen molar-refractivity contribution in [1.29, 1.82) is 0 Å². The summed E-state index contributed by atoms with van der Waals surface area (Å²) in [7, 11) is -7.17. The lowest BCUT2D eigenvalue weighted by atomic mass is 10.2. The lowest BCUT2D eigenvalue weighted by Gasteiger charge is -2.33. The first-order chi connectivity index (χ1) is 14.8. The maximum absolute atomic E-state index is 13.2. The highest BCUT2D eigenvalue weighted by molar-refractivity contribution is 7.89. The summed E-state index contributed by atoms with van der Waals surface area (Å²) in [5.74, 6) is -0.0774. The SMILES string of the molecule is CCCn1ccc2cc(S(=O)(=O)N3CCN(S(=O)(=O)Cc4ccccc4)CC3)ccc21. The lowest BCUT2D eigenvalue weighted by molar-refractivity contribution is 0.272. The molecule has 1 aliphatic rings. The molecule has 0 aliphatic carbocycles. The molecule has 166 valence electrons. The number of hydrogen-bond acceptors (Lipinski definition) is 4. The van der Waals surface area contributed by atoms with Crippen molar-refractivity contribution in [1.82, 2.24) is 13.2 Å². The molecule has 0 atom stereocenters. The first kappa shape index (κ1) is 22.0. The fourth-order valence-corrected chi connectivity index (χ4v) is 6.96. The zero-order valence-electron chi connectivity index (χ0n) is 17.5. The molecule has 2 heterocycles. The number of benzene rings is 2. The quantitative estimate of drug-likeness (QED) is 0.542. The first-order valence-corrected chi connectivity index (χ1v) is 13.5. The number of nitrogens with zero attached hydrogens (tertiary/aromatic N) is 3. The second-order valence-corrected chi connectivity index (χ2v) is 11.7. The van der Waals surface area contributed by atoms with Crippen LogP contribution in [0.4, 0.5) is 0 Å². The Morgan fingerprint density at radius 1 is 0.839 bits per heavy atom. The molecule has 31 heavy (non-hydrogen) atoms. The molecular formula is C22H27N3O4S2. The van der Waals surface area contributed by atoms with E-state index in [4.69, 9.17) is 0 Å². The van der Waals surface area contributed by atoms with E-state index >= 15 is 0 Å². The van der Waals surface area contributed by atoms with E-state index in [-0.39, 0.29) is 36.8 Å². The second-order valence-electron chi connectivity index (χ2n) is 7.77. The molecule has 0 bridgehead atoms. The molecule has 2 aromatic carbocycles. The monoisotopic (exact) mass is 461 g/mol. The largest absolute Gasteiger partial charge is 0.347 e. The highest BCUT2D eigenvalue weighted by Gasteiger charge is 2.33. The molecule has 1 saturated heterocycles. The molecule has 0 unspecified atom stereocenters. The van der Waals surface area contributed by atoms with Crippen molar-refractivity contribution in [3.8, 4) is 0 Å². The van der Waals surface area contributed by atoms with E-state index in [1.807, 2.05) is 36.5 Å². The van der Waals surface area contributed by atoms with E-state index in [1.165, 1.54) is 8.61 Å². The Labute approximate surface area is 184 Å². The first-order valence-electron chi connectivity index (χ1n) is 10.4. The van der Waals surface area contributed by atoms with Crippen molar-refractivity contribution in [3.63, 3.8) is 0 Å². The van der Waals surface area contributed by atoms with Gasteiger partial charge in [-0.3, -0.25) is 0 Å². The molecule has 0 N–H and O–H groups in total. The van der Waals surface area contributed by atoms with Crippen LogP contribution in [0.3, 0.4) is 0 Å². The summed E-state index contributed by atoms with van der Waals surface area (Å²) in [6, 6.07) is 16.1. The summed E-state index contributed by atoms with van der Waals surface area (Å²) < 4.78 is 56.7. The van der Waals surface area contributed by atoms with Gasteiger partial charge in [-0.25, -0.2) is 16.8 Å². The van der Waals surface area contributed by atoms with Crippen LogP contribution in [0.2, 0.25) is 0 Å². The second kappa shape index (κ2) is 8.74. The standard InChI is InChI=1S/C22H27N3O4S2/c1-2-11-23-12-10-20-17-21(8-9-22(20)23)31(28,29)25-15-13-24(14-16-25)30(26,27)18-19-6-4-3-5-7-19/h3-10,12,17H,2,11,13-16,18H2,1H3. The zero-order valence-corrected chi connectivity index (χ0v) is 19.1. The van der Waals surface area contributed by atoms with Crippen molar-refractivity contribution in [2.45, 2.75) is 30.5 Å². The molecule has 9 heteroatoms. The van der Waals surface area contributed by atoms with Gasteiger partial charge in [-0.15, -0.1) is 0 Å². The van der Waals surface area contributed by atoms with Crippen LogP contribution in [0, 0.1) is 0 Å². The smallest absolute Gasteiger partial charge is 0.243 e. The molecule has 1 fully saturated rings. The molecule has 1 aromatic heterocycles. The fraction of sp³-hybridized carbons (Fsp3) is 0.364. The molecular weight excluding hydrogens is 434 g/mol. The third kappa shape index (κ3) is 4.55. The summed E-state index contributed by atoms with van der Waals surface area (Å²) >= 11 is 0. The van der Waals surface area contributed by atoms with Gasteiger partial charge in [0.25, 0.3) is 0 Å². The topological polar surface area (TPSA) is 79.7 Å². The summed E-state index contributed by atoms with van der Waals surface area (Å²) in [5, 5.41) is 0.888. The maximum atomic E-state index is 13.2. The minimum absolute atomic E-state index is 0.0774. The third-order valence-electron chi connectivity index (χ3n) is 5.63. The summed E-state index contributed by atoms with van der Waals surface area (Å²) in [6.45, 7) is 3.59. The van der Waals surface area contributed by atoms with Gasteiger partial charge < -0.3 is 4.57 Å². The van der Waals surface area contributed by atoms with E-state index in [1.54, 1.807) is 24.3 Å². The number of rotatable bonds is 7. The number of piperazine rings is 1. The van der Waals surface area contributed by atoms with Crippen LogP contribution >= 0.6 is 0 Å². The molecule has 0 radical (unpaired) electrons. The molecule has 0 amide bonds. The average Bonchev–Trinajstić information content (AvgIpc) is 3.17. The van der Waals surface area contributed by atoms with Crippen LogP contribution in [0.25, 0.3) is 10.9 Å². The van der Waals surface area contributed by atoms with Gasteiger partial charge in [-0.1, -0.05) is 37.3 Å². The minimum Gasteiger partial charge on any atom is -0.347 e. The number of aromatic nitrogens is 1. The molecule has 1 aliphatic heterocycles. The summed E-state index contributed by atoms with van der Waals surface area (Å²) in [5.41, 5.74) is 1.73. The van der Waals surface area contributed by atoms with E-state index in [9.17, 15) is 16.8 Å². The predicted molar refractivity (Wildman–Crippen MR) is 122 cm³/mol. The van der Waals surface area contributed by atoms with Crippen LogP contribution < -0.4 is 0 Å². The van der Waals surface area contributed by atoms with Gasteiger partial charge in [0.15, 0.2) is 0 Å². The Hall–Kier alpha value is -2.20. The van der Waals surface area contributed by atoms with E-state index in [0.29, 0.717) is 0 Å². The molecule has 4 rings (SSSR count). The molecule has 0 saturated carbocycles. The van der Waals surface area contributed by atoms with Gasteiger partial charge >= 0.3 is 0 Å². The van der Waals surface area contributed by atoms with Gasteiger partial charge in [-0.05, 0) is 36.2 Å². The Bertz CT molecular complexity index is 1260. The van der Waals surface area contributed by atoms with Gasteiger partial charge in [0.05, 0.1) is 10.6 Å². The van der Waals surface area contributed by atoms with E-state index < -0.39 is 20.0 Å². The third-order valence-corrected chi connectivity index (χ3v) is 9.37. The van der Waals surface area contributed by atoms with Gasteiger partial charge in [0.2, 0.25) is 20.0 Å². The summed E-state index contributed by atoms with van der Waals surface area (Å²) in [4.78, 5) is 0.245. The van der Waals surface area contributed by atoms with Crippen LogP contribution in [-0.2, 0) is 32.3 Å².